The minimum absolute atomic E-state index is 0.223. The van der Waals surface area contributed by atoms with E-state index in [2.05, 4.69) is 15.5 Å². The highest BCUT2D eigenvalue weighted by Gasteiger charge is 2.10. The number of aromatic nitrogens is 2. The molecule has 0 saturated heterocycles. The molecule has 0 fully saturated rings. The van der Waals surface area contributed by atoms with E-state index < -0.39 is 5.97 Å². The van der Waals surface area contributed by atoms with Gasteiger partial charge in [0.2, 0.25) is 5.13 Å². The number of hydrogen-bond donors (Lipinski definition) is 2. The van der Waals surface area contributed by atoms with Crippen LogP contribution in [-0.2, 0) is 6.42 Å². The van der Waals surface area contributed by atoms with Gasteiger partial charge in [0, 0.05) is 0 Å². The van der Waals surface area contributed by atoms with E-state index in [1.165, 1.54) is 11.3 Å². The summed E-state index contributed by atoms with van der Waals surface area (Å²) in [4.78, 5) is 11.0. The summed E-state index contributed by atoms with van der Waals surface area (Å²) in [5.41, 5.74) is 0.750. The molecule has 0 aliphatic carbocycles. The van der Waals surface area contributed by atoms with Crippen molar-refractivity contribution in [3.05, 3.63) is 34.8 Å². The third-order valence-electron chi connectivity index (χ3n) is 2.17. The predicted molar refractivity (Wildman–Crippen MR) is 66.0 cm³/mol. The molecule has 6 heteroatoms. The van der Waals surface area contributed by atoms with Crippen molar-refractivity contribution >= 4 is 28.1 Å². The van der Waals surface area contributed by atoms with Crippen LogP contribution >= 0.6 is 11.3 Å². The number of rotatable bonds is 4. The summed E-state index contributed by atoms with van der Waals surface area (Å²) in [6.07, 6.45) is 0.819. The third-order valence-corrected chi connectivity index (χ3v) is 3.15. The Hall–Kier alpha value is -1.95. The second-order valence-electron chi connectivity index (χ2n) is 3.33. The average molecular weight is 249 g/mol. The maximum Gasteiger partial charge on any atom is 0.337 e. The van der Waals surface area contributed by atoms with Crippen LogP contribution in [-0.4, -0.2) is 21.3 Å². The molecule has 2 N–H and O–H groups in total. The van der Waals surface area contributed by atoms with Crippen molar-refractivity contribution < 1.29 is 9.90 Å². The first kappa shape index (κ1) is 11.5. The Morgan fingerprint density at radius 1 is 1.41 bits per heavy atom. The first-order chi connectivity index (χ1) is 8.20. The van der Waals surface area contributed by atoms with Gasteiger partial charge < -0.3 is 10.4 Å². The molecule has 0 aliphatic rings. The van der Waals surface area contributed by atoms with Gasteiger partial charge in [0.15, 0.2) is 0 Å². The fourth-order valence-corrected chi connectivity index (χ4v) is 2.03. The third kappa shape index (κ3) is 2.59. The van der Waals surface area contributed by atoms with Crippen molar-refractivity contribution in [3.63, 3.8) is 0 Å². The lowest BCUT2D eigenvalue weighted by Crippen LogP contribution is -2.02. The normalized spacial score (nSPS) is 10.2. The molecule has 0 radical (unpaired) electrons. The quantitative estimate of drug-likeness (QED) is 0.870. The van der Waals surface area contributed by atoms with Crippen molar-refractivity contribution in [1.29, 1.82) is 0 Å². The van der Waals surface area contributed by atoms with E-state index >= 15 is 0 Å². The van der Waals surface area contributed by atoms with E-state index in [-0.39, 0.29) is 5.56 Å². The van der Waals surface area contributed by atoms with Crippen molar-refractivity contribution in [3.8, 4) is 0 Å². The Labute approximate surface area is 102 Å². The highest BCUT2D eigenvalue weighted by atomic mass is 32.1. The number of anilines is 2. The van der Waals surface area contributed by atoms with Crippen LogP contribution in [0, 0.1) is 0 Å². The maximum absolute atomic E-state index is 11.0. The Kier molecular flexibility index (Phi) is 3.34. The molecule has 2 aromatic rings. The van der Waals surface area contributed by atoms with Gasteiger partial charge in [-0.1, -0.05) is 30.4 Å². The summed E-state index contributed by atoms with van der Waals surface area (Å²) in [5.74, 6) is -0.965. The minimum Gasteiger partial charge on any atom is -0.478 e. The van der Waals surface area contributed by atoms with Gasteiger partial charge in [0.25, 0.3) is 0 Å². The van der Waals surface area contributed by atoms with E-state index in [0.717, 1.165) is 11.4 Å². The highest BCUT2D eigenvalue weighted by molar-refractivity contribution is 7.15. The van der Waals surface area contributed by atoms with Gasteiger partial charge in [0.05, 0.1) is 11.3 Å². The fourth-order valence-electron chi connectivity index (χ4n) is 1.34. The molecular formula is C11H11N3O2S. The van der Waals surface area contributed by atoms with E-state index in [4.69, 9.17) is 5.11 Å². The summed E-state index contributed by atoms with van der Waals surface area (Å²) in [7, 11) is 0. The minimum atomic E-state index is -0.965. The molecule has 5 nitrogen and oxygen atoms in total. The number of aromatic carboxylic acids is 1. The molecule has 88 valence electrons. The van der Waals surface area contributed by atoms with E-state index in [1.54, 1.807) is 24.3 Å². The molecule has 0 atom stereocenters. The van der Waals surface area contributed by atoms with Crippen LogP contribution in [0.25, 0.3) is 0 Å². The average Bonchev–Trinajstić information content (AvgIpc) is 2.77. The van der Waals surface area contributed by atoms with Crippen LogP contribution in [0.5, 0.6) is 0 Å². The summed E-state index contributed by atoms with van der Waals surface area (Å²) < 4.78 is 0. The molecule has 0 unspecified atom stereocenters. The Morgan fingerprint density at radius 2 is 2.18 bits per heavy atom. The summed E-state index contributed by atoms with van der Waals surface area (Å²) >= 11 is 1.42. The molecule has 2 rings (SSSR count). The predicted octanol–water partition coefficient (Wildman–Crippen LogP) is 2.54. The lowest BCUT2D eigenvalue weighted by Gasteiger charge is -2.05. The topological polar surface area (TPSA) is 75.1 Å². The van der Waals surface area contributed by atoms with E-state index in [9.17, 15) is 4.79 Å². The molecule has 17 heavy (non-hydrogen) atoms. The van der Waals surface area contributed by atoms with Gasteiger partial charge in [-0.15, -0.1) is 10.2 Å². The number of nitrogens with zero attached hydrogens (tertiary/aromatic N) is 2. The molecule has 1 aromatic carbocycles. The molecule has 0 aliphatic heterocycles. The molecule has 0 saturated carbocycles. The summed E-state index contributed by atoms with van der Waals surface area (Å²) in [6.45, 7) is 2.00. The maximum atomic E-state index is 11.0. The van der Waals surface area contributed by atoms with E-state index in [0.29, 0.717) is 10.8 Å². The number of para-hydroxylation sites is 1. The Morgan fingerprint density at radius 3 is 2.82 bits per heavy atom. The van der Waals surface area contributed by atoms with Crippen molar-refractivity contribution in [2.24, 2.45) is 0 Å². The van der Waals surface area contributed by atoms with Crippen LogP contribution in [0.1, 0.15) is 22.3 Å². The number of hydrogen-bond acceptors (Lipinski definition) is 5. The zero-order valence-electron chi connectivity index (χ0n) is 9.17. The molecular weight excluding hydrogens is 238 g/mol. The van der Waals surface area contributed by atoms with Gasteiger partial charge >= 0.3 is 5.97 Å². The second kappa shape index (κ2) is 4.92. The largest absolute Gasteiger partial charge is 0.478 e. The van der Waals surface area contributed by atoms with Gasteiger partial charge in [-0.3, -0.25) is 0 Å². The summed E-state index contributed by atoms with van der Waals surface area (Å²) in [6, 6.07) is 6.71. The van der Waals surface area contributed by atoms with Crippen molar-refractivity contribution in [2.45, 2.75) is 13.3 Å². The Bertz CT molecular complexity index is 539. The van der Waals surface area contributed by atoms with Gasteiger partial charge in [-0.2, -0.15) is 0 Å². The van der Waals surface area contributed by atoms with Crippen LogP contribution in [0.3, 0.4) is 0 Å². The van der Waals surface area contributed by atoms with Crippen LogP contribution in [0.15, 0.2) is 24.3 Å². The SMILES string of the molecule is CCc1nnc(Nc2ccccc2C(=O)O)s1. The zero-order chi connectivity index (χ0) is 12.3. The standard InChI is InChI=1S/C11H11N3O2S/c1-2-9-13-14-11(17-9)12-8-6-4-3-5-7(8)10(15)16/h3-6H,2H2,1H3,(H,12,14)(H,15,16). The number of carboxylic acid groups (broad SMARTS) is 1. The first-order valence-electron chi connectivity index (χ1n) is 5.12. The van der Waals surface area contributed by atoms with Gasteiger partial charge in [0.1, 0.15) is 5.01 Å². The smallest absolute Gasteiger partial charge is 0.337 e. The molecule has 1 aromatic heterocycles. The van der Waals surface area contributed by atoms with Crippen LogP contribution < -0.4 is 5.32 Å². The van der Waals surface area contributed by atoms with Crippen LogP contribution in [0.2, 0.25) is 0 Å². The van der Waals surface area contributed by atoms with Crippen molar-refractivity contribution in [2.75, 3.05) is 5.32 Å². The number of carbonyl (C=O) groups is 1. The lowest BCUT2D eigenvalue weighted by atomic mass is 10.2. The Balaban J connectivity index is 2.26. The number of carboxylic acids is 1. The molecule has 0 bridgehead atoms. The van der Waals surface area contributed by atoms with Crippen LogP contribution in [0.4, 0.5) is 10.8 Å². The van der Waals surface area contributed by atoms with Crippen molar-refractivity contribution in [1.82, 2.24) is 10.2 Å². The number of nitrogens with one attached hydrogen (secondary N) is 1. The van der Waals surface area contributed by atoms with Gasteiger partial charge in [-0.05, 0) is 18.6 Å². The zero-order valence-corrected chi connectivity index (χ0v) is 9.99. The molecule has 0 spiro atoms. The number of benzene rings is 1. The second-order valence-corrected chi connectivity index (χ2v) is 4.39. The first-order valence-corrected chi connectivity index (χ1v) is 5.94. The number of aryl methyl sites for hydroxylation is 1. The molecule has 1 heterocycles. The highest BCUT2D eigenvalue weighted by Crippen LogP contribution is 2.23. The summed E-state index contributed by atoms with van der Waals surface area (Å²) in [5, 5.41) is 21.4. The van der Waals surface area contributed by atoms with E-state index in [1.807, 2.05) is 6.92 Å². The molecule has 0 amide bonds. The van der Waals surface area contributed by atoms with Gasteiger partial charge in [-0.25, -0.2) is 4.79 Å². The lowest BCUT2D eigenvalue weighted by molar-refractivity contribution is 0.0698. The monoisotopic (exact) mass is 249 g/mol. The fraction of sp³-hybridized carbons (Fsp3) is 0.182.